The first-order valence-corrected chi connectivity index (χ1v) is 33.5. The molecule has 0 heterocycles. The molecule has 0 aromatic carbocycles. The van der Waals surface area contributed by atoms with Gasteiger partial charge in [0.05, 0.1) is 0 Å². The molecule has 0 aliphatic carbocycles. The second-order valence-corrected chi connectivity index (χ2v) is 22.0. The van der Waals surface area contributed by atoms with E-state index in [0.29, 0.717) is 12.8 Å². The summed E-state index contributed by atoms with van der Waals surface area (Å²) in [5, 5.41) is 0. The summed E-state index contributed by atoms with van der Waals surface area (Å²) in [6, 6.07) is 0. The molecule has 0 radical (unpaired) electrons. The Hall–Kier alpha value is -4.19. The molecule has 0 spiro atoms. The number of esters is 3. The van der Waals surface area contributed by atoms with Crippen molar-refractivity contribution in [3.8, 4) is 0 Å². The molecule has 0 rings (SSSR count). The zero-order valence-corrected chi connectivity index (χ0v) is 52.3. The summed E-state index contributed by atoms with van der Waals surface area (Å²) in [5.74, 6) is -0.925. The van der Waals surface area contributed by atoms with Crippen molar-refractivity contribution in [3.05, 3.63) is 122 Å². The van der Waals surface area contributed by atoms with E-state index in [-0.39, 0.29) is 37.5 Å². The molecule has 0 fully saturated rings. The highest BCUT2D eigenvalue weighted by Gasteiger charge is 2.19. The molecule has 0 aliphatic heterocycles. The van der Waals surface area contributed by atoms with Crippen molar-refractivity contribution in [1.29, 1.82) is 0 Å². The number of ether oxygens (including phenoxy) is 3. The maximum atomic E-state index is 12.9. The molecule has 80 heavy (non-hydrogen) atoms. The van der Waals surface area contributed by atoms with Crippen molar-refractivity contribution in [1.82, 2.24) is 0 Å². The van der Waals surface area contributed by atoms with Crippen molar-refractivity contribution in [2.45, 2.75) is 316 Å². The average Bonchev–Trinajstić information content (AvgIpc) is 3.46. The van der Waals surface area contributed by atoms with Gasteiger partial charge >= 0.3 is 17.9 Å². The summed E-state index contributed by atoms with van der Waals surface area (Å²) in [4.78, 5) is 38.2. The molecule has 0 N–H and O–H groups in total. The lowest BCUT2D eigenvalue weighted by molar-refractivity contribution is -0.167. The Balaban J connectivity index is 4.22. The largest absolute Gasteiger partial charge is 0.462 e. The van der Waals surface area contributed by atoms with Crippen molar-refractivity contribution in [3.63, 3.8) is 0 Å². The van der Waals surface area contributed by atoms with Gasteiger partial charge in [-0.15, -0.1) is 0 Å². The number of hydrogen-bond donors (Lipinski definition) is 0. The van der Waals surface area contributed by atoms with Crippen LogP contribution in [0.2, 0.25) is 0 Å². The SMILES string of the molecule is CC/C=C\C/C=C\C/C=C\C/C=C\C/C=C\C/C=C\C/C=C\CCCCCC(=O)OC(COC(=O)CCCCCCCCCC)COC(=O)CCCCCCCCCCCCCCCC/C=C\C/C=C\C/C=C\CCCCCCC. The lowest BCUT2D eigenvalue weighted by atomic mass is 10.0. The van der Waals surface area contributed by atoms with E-state index in [1.165, 1.54) is 148 Å². The zero-order valence-electron chi connectivity index (χ0n) is 52.3. The Bertz CT molecular complexity index is 1650. The normalized spacial score (nSPS) is 12.9. The van der Waals surface area contributed by atoms with Crippen LogP contribution in [0, 0.1) is 0 Å². The monoisotopic (exact) mass is 1110 g/mol. The van der Waals surface area contributed by atoms with E-state index in [0.717, 1.165) is 122 Å². The van der Waals surface area contributed by atoms with E-state index < -0.39 is 6.10 Å². The molecule has 0 saturated heterocycles. The Morgan fingerprint density at radius 1 is 0.263 bits per heavy atom. The van der Waals surface area contributed by atoms with Crippen LogP contribution in [0.5, 0.6) is 0 Å². The number of rotatable bonds is 60. The van der Waals surface area contributed by atoms with Gasteiger partial charge in [-0.3, -0.25) is 14.4 Å². The minimum atomic E-state index is -0.797. The molecule has 0 aromatic rings. The standard InChI is InChI=1S/C74H124O6/c1-4-7-10-13-16-19-21-23-25-27-29-31-33-35-36-37-38-40-41-43-45-47-49-51-53-55-58-61-64-67-73(76)79-70-71(69-78-72(75)66-63-60-57-18-15-12-9-6-3)80-74(77)68-65-62-59-56-54-52-50-48-46-44-42-39-34-32-30-28-26-24-22-20-17-14-11-8-5-2/h8,11,17,20-21,23-24,26-27,29-30,32-33,35,39,42,46,48,52,54,71H,4-7,9-10,12-16,18-19,22,25,28,31,34,36-38,40-41,43-45,47,49-51,53,55-70H2,1-3H3/b11-8-,20-17-,23-21-,26-24-,29-27-,32-30-,35-33-,42-39-,48-46-,54-52-. The molecule has 1 unspecified atom stereocenters. The molecule has 0 aromatic heterocycles. The third-order valence-electron chi connectivity index (χ3n) is 14.2. The Labute approximate surface area is 494 Å². The zero-order chi connectivity index (χ0) is 57.8. The van der Waals surface area contributed by atoms with Gasteiger partial charge in [0.15, 0.2) is 6.10 Å². The number of allylic oxidation sites excluding steroid dienone is 20. The van der Waals surface area contributed by atoms with Crippen LogP contribution in [-0.4, -0.2) is 37.2 Å². The predicted octanol–water partition coefficient (Wildman–Crippen LogP) is 23.2. The topological polar surface area (TPSA) is 78.9 Å². The fourth-order valence-electron chi connectivity index (χ4n) is 9.20. The Morgan fingerprint density at radius 3 is 0.775 bits per heavy atom. The first kappa shape index (κ1) is 75.8. The van der Waals surface area contributed by atoms with E-state index in [4.69, 9.17) is 14.2 Å². The van der Waals surface area contributed by atoms with Gasteiger partial charge in [0, 0.05) is 19.3 Å². The maximum absolute atomic E-state index is 12.9. The van der Waals surface area contributed by atoms with E-state index in [1.807, 2.05) is 0 Å². The van der Waals surface area contributed by atoms with Gasteiger partial charge in [-0.05, 0) is 116 Å². The van der Waals surface area contributed by atoms with Gasteiger partial charge < -0.3 is 14.2 Å². The Morgan fingerprint density at radius 2 is 0.487 bits per heavy atom. The van der Waals surface area contributed by atoms with E-state index in [1.54, 1.807) is 0 Å². The van der Waals surface area contributed by atoms with E-state index in [9.17, 15) is 14.4 Å². The lowest BCUT2D eigenvalue weighted by Crippen LogP contribution is -2.30. The molecule has 0 saturated carbocycles. The first-order chi connectivity index (χ1) is 39.5. The molecule has 456 valence electrons. The number of unbranched alkanes of at least 4 members (excludes halogenated alkanes) is 29. The number of carbonyl (C=O) groups is 3. The average molecular weight is 1110 g/mol. The van der Waals surface area contributed by atoms with Crippen LogP contribution in [0.15, 0.2) is 122 Å². The van der Waals surface area contributed by atoms with Crippen molar-refractivity contribution in [2.24, 2.45) is 0 Å². The fraction of sp³-hybridized carbons (Fsp3) is 0.689. The van der Waals surface area contributed by atoms with Crippen molar-refractivity contribution in [2.75, 3.05) is 13.2 Å². The fourth-order valence-corrected chi connectivity index (χ4v) is 9.20. The summed E-state index contributed by atoms with van der Waals surface area (Å²) < 4.78 is 16.8. The predicted molar refractivity (Wildman–Crippen MR) is 348 cm³/mol. The minimum Gasteiger partial charge on any atom is -0.462 e. The van der Waals surface area contributed by atoms with Gasteiger partial charge in [-0.2, -0.15) is 0 Å². The maximum Gasteiger partial charge on any atom is 0.306 e. The molecule has 1 atom stereocenters. The summed E-state index contributed by atoms with van der Waals surface area (Å²) in [6.45, 7) is 6.47. The summed E-state index contributed by atoms with van der Waals surface area (Å²) in [5.41, 5.74) is 0. The highest BCUT2D eigenvalue weighted by Crippen LogP contribution is 2.16. The summed E-state index contributed by atoms with van der Waals surface area (Å²) in [7, 11) is 0. The molecule has 6 nitrogen and oxygen atoms in total. The van der Waals surface area contributed by atoms with Gasteiger partial charge in [0.25, 0.3) is 0 Å². The highest BCUT2D eigenvalue weighted by atomic mass is 16.6. The molecular formula is C74H124O6. The quantitative estimate of drug-likeness (QED) is 0.0261. The molecule has 0 aliphatic rings. The van der Waals surface area contributed by atoms with E-state index >= 15 is 0 Å². The van der Waals surface area contributed by atoms with Crippen LogP contribution < -0.4 is 0 Å². The summed E-state index contributed by atoms with van der Waals surface area (Å²) >= 11 is 0. The first-order valence-electron chi connectivity index (χ1n) is 33.5. The van der Waals surface area contributed by atoms with Crippen LogP contribution in [0.25, 0.3) is 0 Å². The van der Waals surface area contributed by atoms with Crippen LogP contribution in [0.4, 0.5) is 0 Å². The van der Waals surface area contributed by atoms with Crippen LogP contribution >= 0.6 is 0 Å². The highest BCUT2D eigenvalue weighted by molar-refractivity contribution is 5.71. The molecule has 6 heteroatoms. The van der Waals surface area contributed by atoms with Crippen LogP contribution in [-0.2, 0) is 28.6 Å². The molecule has 0 amide bonds. The Kier molecular flexibility index (Phi) is 63.8. The third kappa shape index (κ3) is 64.6. The van der Waals surface area contributed by atoms with Crippen LogP contribution in [0.3, 0.4) is 0 Å². The van der Waals surface area contributed by atoms with Gasteiger partial charge in [-0.1, -0.05) is 296 Å². The number of hydrogen-bond acceptors (Lipinski definition) is 6. The smallest absolute Gasteiger partial charge is 0.306 e. The van der Waals surface area contributed by atoms with Crippen LogP contribution in [0.1, 0.15) is 310 Å². The van der Waals surface area contributed by atoms with Gasteiger partial charge in [-0.25, -0.2) is 0 Å². The lowest BCUT2D eigenvalue weighted by Gasteiger charge is -2.18. The second-order valence-electron chi connectivity index (χ2n) is 22.0. The number of carbonyl (C=O) groups excluding carboxylic acids is 3. The summed E-state index contributed by atoms with van der Waals surface area (Å²) in [6.07, 6.45) is 93.8. The van der Waals surface area contributed by atoms with E-state index in [2.05, 4.69) is 142 Å². The van der Waals surface area contributed by atoms with Gasteiger partial charge in [0.1, 0.15) is 13.2 Å². The minimum absolute atomic E-state index is 0.0920. The third-order valence-corrected chi connectivity index (χ3v) is 14.2. The molecular weight excluding hydrogens is 985 g/mol. The second kappa shape index (κ2) is 67.3. The van der Waals surface area contributed by atoms with Gasteiger partial charge in [0.2, 0.25) is 0 Å². The van der Waals surface area contributed by atoms with Crippen molar-refractivity contribution >= 4 is 17.9 Å². The van der Waals surface area contributed by atoms with Crippen molar-refractivity contribution < 1.29 is 28.6 Å². The molecule has 0 bridgehead atoms.